The monoisotopic (exact) mass is 402 g/mol. The van der Waals surface area contributed by atoms with Crippen molar-refractivity contribution in [2.45, 2.75) is 11.9 Å². The average Bonchev–Trinajstić information content (AvgIpc) is 3.19. The number of rotatable bonds is 6. The number of aromatic nitrogens is 2. The summed E-state index contributed by atoms with van der Waals surface area (Å²) in [5, 5.41) is 15.5. The number of hydrogen-bond donors (Lipinski definition) is 2. The van der Waals surface area contributed by atoms with E-state index in [4.69, 9.17) is 0 Å². The Morgan fingerprint density at radius 2 is 2.00 bits per heavy atom. The van der Waals surface area contributed by atoms with Gasteiger partial charge >= 0.3 is 0 Å². The number of amides is 2. The van der Waals surface area contributed by atoms with Crippen LogP contribution in [0.3, 0.4) is 0 Å². The highest BCUT2D eigenvalue weighted by Gasteiger charge is 2.09. The van der Waals surface area contributed by atoms with E-state index in [1.54, 1.807) is 43.3 Å². The lowest BCUT2D eigenvalue weighted by Crippen LogP contribution is -2.14. The number of anilines is 2. The Bertz CT molecular complexity index is 947. The molecule has 0 aliphatic rings. The fraction of sp³-hybridized carbons (Fsp3) is 0.111. The van der Waals surface area contributed by atoms with E-state index in [9.17, 15) is 14.0 Å². The fourth-order valence-corrected chi connectivity index (χ4v) is 3.29. The summed E-state index contributed by atoms with van der Waals surface area (Å²) in [6.45, 7) is 1.65. The molecule has 3 rings (SSSR count). The van der Waals surface area contributed by atoms with Crippen molar-refractivity contribution in [1.82, 2.24) is 10.2 Å². The Morgan fingerprint density at radius 1 is 1.15 bits per heavy atom. The third kappa shape index (κ3) is 5.35. The zero-order valence-electron chi connectivity index (χ0n) is 14.2. The van der Waals surface area contributed by atoms with Crippen LogP contribution in [-0.2, 0) is 4.79 Å². The Balaban J connectivity index is 1.50. The first-order valence-corrected chi connectivity index (χ1v) is 9.75. The van der Waals surface area contributed by atoms with Crippen LogP contribution in [0.25, 0.3) is 0 Å². The van der Waals surface area contributed by atoms with Gasteiger partial charge in [-0.25, -0.2) is 4.39 Å². The predicted octanol–water partition coefficient (Wildman–Crippen LogP) is 3.97. The first-order chi connectivity index (χ1) is 13.0. The minimum absolute atomic E-state index is 0.102. The number of halogens is 1. The van der Waals surface area contributed by atoms with Gasteiger partial charge in [0.1, 0.15) is 10.8 Å². The van der Waals surface area contributed by atoms with Gasteiger partial charge in [0.25, 0.3) is 5.91 Å². The van der Waals surface area contributed by atoms with Crippen LogP contribution in [0.15, 0.2) is 52.9 Å². The van der Waals surface area contributed by atoms with Crippen molar-refractivity contribution < 1.29 is 14.0 Å². The first kappa shape index (κ1) is 19.0. The number of nitrogens with one attached hydrogen (secondary N) is 2. The second-order valence-corrected chi connectivity index (χ2v) is 7.43. The molecule has 0 bridgehead atoms. The van der Waals surface area contributed by atoms with Gasteiger partial charge in [-0.1, -0.05) is 23.9 Å². The van der Waals surface area contributed by atoms with Crippen molar-refractivity contribution in [1.29, 1.82) is 0 Å². The molecule has 0 aliphatic carbocycles. The van der Waals surface area contributed by atoms with E-state index >= 15 is 0 Å². The highest BCUT2D eigenvalue weighted by atomic mass is 32.2. The lowest BCUT2D eigenvalue weighted by atomic mass is 10.2. The molecular weight excluding hydrogens is 387 g/mol. The molecule has 2 heterocycles. The molecule has 6 nitrogen and oxygen atoms in total. The number of carbonyl (C=O) groups is 2. The third-order valence-electron chi connectivity index (χ3n) is 3.43. The van der Waals surface area contributed by atoms with Crippen LogP contribution in [0.2, 0.25) is 0 Å². The van der Waals surface area contributed by atoms with Crippen molar-refractivity contribution in [3.63, 3.8) is 0 Å². The normalized spacial score (nSPS) is 10.4. The number of thioether (sulfide) groups is 1. The van der Waals surface area contributed by atoms with E-state index in [1.807, 2.05) is 5.38 Å². The van der Waals surface area contributed by atoms with E-state index in [0.717, 1.165) is 0 Å². The molecule has 3 aromatic rings. The average molecular weight is 402 g/mol. The van der Waals surface area contributed by atoms with Crippen LogP contribution in [0.5, 0.6) is 0 Å². The van der Waals surface area contributed by atoms with Gasteiger partial charge in [0, 0.05) is 5.69 Å². The van der Waals surface area contributed by atoms with Crippen LogP contribution in [-0.4, -0.2) is 27.8 Å². The molecule has 1 aromatic carbocycles. The number of nitrogens with zero attached hydrogens (tertiary/aromatic N) is 2. The van der Waals surface area contributed by atoms with Gasteiger partial charge < -0.3 is 10.6 Å². The summed E-state index contributed by atoms with van der Waals surface area (Å²) in [6, 6.07) is 11.3. The van der Waals surface area contributed by atoms with E-state index in [-0.39, 0.29) is 23.4 Å². The van der Waals surface area contributed by atoms with E-state index in [2.05, 4.69) is 20.8 Å². The van der Waals surface area contributed by atoms with Gasteiger partial charge in [0.2, 0.25) is 5.91 Å². The Labute approximate surface area is 163 Å². The summed E-state index contributed by atoms with van der Waals surface area (Å²) in [5.41, 5.74) is 0.922. The lowest BCUT2D eigenvalue weighted by Gasteiger charge is -2.06. The molecule has 0 atom stereocenters. The lowest BCUT2D eigenvalue weighted by molar-refractivity contribution is -0.113. The zero-order chi connectivity index (χ0) is 19.2. The molecule has 0 unspecified atom stereocenters. The standard InChI is InChI=1S/C18H15FN4O2S2/c1-11-4-5-12(9-13(11)19)20-16(24)10-27-17-7-6-15(22-23-17)21-18(25)14-3-2-8-26-14/h2-9H,10H2,1H3,(H,20,24)(H,21,22,25). The molecular formula is C18H15FN4O2S2. The predicted molar refractivity (Wildman–Crippen MR) is 105 cm³/mol. The largest absolute Gasteiger partial charge is 0.325 e. The highest BCUT2D eigenvalue weighted by Crippen LogP contribution is 2.18. The van der Waals surface area contributed by atoms with Crippen molar-refractivity contribution in [2.75, 3.05) is 16.4 Å². The van der Waals surface area contributed by atoms with Crippen LogP contribution in [0, 0.1) is 12.7 Å². The molecule has 0 spiro atoms. The van der Waals surface area contributed by atoms with Crippen LogP contribution < -0.4 is 10.6 Å². The maximum atomic E-state index is 13.5. The van der Waals surface area contributed by atoms with E-state index < -0.39 is 0 Å². The summed E-state index contributed by atoms with van der Waals surface area (Å²) in [5.74, 6) is -0.459. The number of aryl methyl sites for hydroxylation is 1. The molecule has 0 fully saturated rings. The molecule has 9 heteroatoms. The number of hydrogen-bond acceptors (Lipinski definition) is 6. The SMILES string of the molecule is Cc1ccc(NC(=O)CSc2ccc(NC(=O)c3cccs3)nn2)cc1F. The van der Waals surface area contributed by atoms with E-state index in [0.29, 0.717) is 27.0 Å². The molecule has 2 amide bonds. The molecule has 0 radical (unpaired) electrons. The maximum absolute atomic E-state index is 13.5. The smallest absolute Gasteiger partial charge is 0.266 e. The number of benzene rings is 1. The van der Waals surface area contributed by atoms with Gasteiger partial charge in [-0.2, -0.15) is 0 Å². The molecule has 0 saturated carbocycles. The van der Waals surface area contributed by atoms with Crippen LogP contribution >= 0.6 is 23.1 Å². The maximum Gasteiger partial charge on any atom is 0.266 e. The molecule has 138 valence electrons. The highest BCUT2D eigenvalue weighted by molar-refractivity contribution is 7.99. The van der Waals surface area contributed by atoms with Gasteiger partial charge in [-0.3, -0.25) is 9.59 Å². The summed E-state index contributed by atoms with van der Waals surface area (Å²) < 4.78 is 13.5. The third-order valence-corrected chi connectivity index (χ3v) is 5.22. The van der Waals surface area contributed by atoms with Crippen molar-refractivity contribution >= 4 is 46.4 Å². The summed E-state index contributed by atoms with van der Waals surface area (Å²) in [4.78, 5) is 24.5. The van der Waals surface area contributed by atoms with Gasteiger partial charge in [0.15, 0.2) is 5.82 Å². The number of carbonyl (C=O) groups excluding carboxylic acids is 2. The van der Waals surface area contributed by atoms with Gasteiger partial charge in [0.05, 0.1) is 10.6 Å². The zero-order valence-corrected chi connectivity index (χ0v) is 15.9. The summed E-state index contributed by atoms with van der Waals surface area (Å²) >= 11 is 2.53. The Morgan fingerprint density at radius 3 is 2.67 bits per heavy atom. The van der Waals surface area contributed by atoms with Crippen LogP contribution in [0.4, 0.5) is 15.9 Å². The quantitative estimate of drug-likeness (QED) is 0.610. The molecule has 0 aliphatic heterocycles. The molecule has 0 saturated heterocycles. The molecule has 2 aromatic heterocycles. The summed E-state index contributed by atoms with van der Waals surface area (Å²) in [7, 11) is 0. The minimum atomic E-state index is -0.369. The van der Waals surface area contributed by atoms with Crippen molar-refractivity contribution in [3.05, 3.63) is 64.1 Å². The van der Waals surface area contributed by atoms with Crippen molar-refractivity contribution in [2.24, 2.45) is 0 Å². The Kier molecular flexibility index (Phi) is 6.15. The topological polar surface area (TPSA) is 84.0 Å². The van der Waals surface area contributed by atoms with Gasteiger partial charge in [-0.15, -0.1) is 21.5 Å². The van der Waals surface area contributed by atoms with E-state index in [1.165, 1.54) is 29.2 Å². The fourth-order valence-electron chi connectivity index (χ4n) is 2.06. The number of thiophene rings is 1. The minimum Gasteiger partial charge on any atom is -0.325 e. The van der Waals surface area contributed by atoms with Gasteiger partial charge in [-0.05, 0) is 48.2 Å². The Hall–Kier alpha value is -2.78. The molecule has 27 heavy (non-hydrogen) atoms. The van der Waals surface area contributed by atoms with Crippen molar-refractivity contribution in [3.8, 4) is 0 Å². The second kappa shape index (κ2) is 8.74. The molecule has 2 N–H and O–H groups in total. The summed E-state index contributed by atoms with van der Waals surface area (Å²) in [6.07, 6.45) is 0. The van der Waals surface area contributed by atoms with Crippen LogP contribution in [0.1, 0.15) is 15.2 Å². The second-order valence-electron chi connectivity index (χ2n) is 5.49. The first-order valence-electron chi connectivity index (χ1n) is 7.88.